The normalized spacial score (nSPS) is 9.89. The Hall–Kier alpha value is -1.79. The Kier molecular flexibility index (Phi) is 3.69. The molecule has 0 spiro atoms. The van der Waals surface area contributed by atoms with Crippen molar-refractivity contribution in [1.82, 2.24) is 0 Å². The highest BCUT2D eigenvalue weighted by Crippen LogP contribution is 2.32. The summed E-state index contributed by atoms with van der Waals surface area (Å²) in [7, 11) is 2.02. The van der Waals surface area contributed by atoms with Crippen molar-refractivity contribution in [1.29, 1.82) is 5.26 Å². The predicted molar refractivity (Wildman–Crippen MR) is 78.1 cm³/mol. The second-order valence-corrected chi connectivity index (χ2v) is 4.98. The SMILES string of the molecule is Cc1ccccc1N(C)c1ccc(C#N)cc1Br. The number of benzene rings is 2. The van der Waals surface area contributed by atoms with Crippen LogP contribution < -0.4 is 4.90 Å². The smallest absolute Gasteiger partial charge is 0.0992 e. The highest BCUT2D eigenvalue weighted by atomic mass is 79.9. The van der Waals surface area contributed by atoms with Gasteiger partial charge in [0.05, 0.1) is 17.3 Å². The van der Waals surface area contributed by atoms with Gasteiger partial charge in [-0.25, -0.2) is 0 Å². The van der Waals surface area contributed by atoms with Crippen LogP contribution in [0.25, 0.3) is 0 Å². The van der Waals surface area contributed by atoms with Crippen LogP contribution in [0.4, 0.5) is 11.4 Å². The maximum Gasteiger partial charge on any atom is 0.0992 e. The second-order valence-electron chi connectivity index (χ2n) is 4.12. The third kappa shape index (κ3) is 2.39. The number of halogens is 1. The molecule has 18 heavy (non-hydrogen) atoms. The van der Waals surface area contributed by atoms with Crippen LogP contribution in [0.2, 0.25) is 0 Å². The Morgan fingerprint density at radius 3 is 2.44 bits per heavy atom. The van der Waals surface area contributed by atoms with E-state index in [1.165, 1.54) is 5.56 Å². The zero-order chi connectivity index (χ0) is 13.1. The molecule has 0 heterocycles. The zero-order valence-electron chi connectivity index (χ0n) is 10.3. The molecule has 0 atom stereocenters. The average molecular weight is 301 g/mol. The number of para-hydroxylation sites is 1. The van der Waals surface area contributed by atoms with Gasteiger partial charge in [0.25, 0.3) is 0 Å². The van der Waals surface area contributed by atoms with Gasteiger partial charge in [0.1, 0.15) is 0 Å². The largest absolute Gasteiger partial charge is 0.343 e. The Morgan fingerprint density at radius 2 is 1.83 bits per heavy atom. The van der Waals surface area contributed by atoms with Gasteiger partial charge in [0.15, 0.2) is 0 Å². The first-order valence-electron chi connectivity index (χ1n) is 5.62. The first-order chi connectivity index (χ1) is 8.63. The van der Waals surface area contributed by atoms with Gasteiger partial charge in [0.2, 0.25) is 0 Å². The van der Waals surface area contributed by atoms with Crippen LogP contribution in [0.5, 0.6) is 0 Å². The van der Waals surface area contributed by atoms with E-state index in [9.17, 15) is 0 Å². The van der Waals surface area contributed by atoms with Crippen molar-refractivity contribution in [2.75, 3.05) is 11.9 Å². The first kappa shape index (κ1) is 12.7. The van der Waals surface area contributed by atoms with Crippen molar-refractivity contribution in [3.63, 3.8) is 0 Å². The fourth-order valence-electron chi connectivity index (χ4n) is 1.92. The van der Waals surface area contributed by atoms with Crippen molar-refractivity contribution in [3.05, 3.63) is 58.1 Å². The van der Waals surface area contributed by atoms with E-state index in [4.69, 9.17) is 5.26 Å². The molecule has 3 heteroatoms. The third-order valence-electron chi connectivity index (χ3n) is 2.91. The number of aryl methyl sites for hydroxylation is 1. The summed E-state index contributed by atoms with van der Waals surface area (Å²) in [5, 5.41) is 8.87. The molecule has 0 bridgehead atoms. The minimum atomic E-state index is 0.656. The number of rotatable bonds is 2. The molecule has 0 N–H and O–H groups in total. The third-order valence-corrected chi connectivity index (χ3v) is 3.55. The minimum absolute atomic E-state index is 0.656. The highest BCUT2D eigenvalue weighted by molar-refractivity contribution is 9.10. The highest BCUT2D eigenvalue weighted by Gasteiger charge is 2.10. The standard InChI is InChI=1S/C15H13BrN2/c1-11-5-3-4-6-14(11)18(2)15-8-7-12(10-17)9-13(15)16/h3-9H,1-2H3. The van der Waals surface area contributed by atoms with E-state index in [0.29, 0.717) is 5.56 Å². The van der Waals surface area contributed by atoms with Crippen molar-refractivity contribution in [3.8, 4) is 6.07 Å². The number of anilines is 2. The fourth-order valence-corrected chi connectivity index (χ4v) is 2.56. The molecule has 0 aliphatic carbocycles. The number of hydrogen-bond acceptors (Lipinski definition) is 2. The maximum atomic E-state index is 8.87. The molecule has 2 nitrogen and oxygen atoms in total. The van der Waals surface area contributed by atoms with E-state index >= 15 is 0 Å². The van der Waals surface area contributed by atoms with Gasteiger partial charge in [-0.05, 0) is 52.7 Å². The summed E-state index contributed by atoms with van der Waals surface area (Å²) in [5.74, 6) is 0. The monoisotopic (exact) mass is 300 g/mol. The van der Waals surface area contributed by atoms with E-state index in [1.54, 1.807) is 0 Å². The summed E-state index contributed by atoms with van der Waals surface area (Å²) in [4.78, 5) is 2.11. The van der Waals surface area contributed by atoms with Crippen molar-refractivity contribution in [2.45, 2.75) is 6.92 Å². The summed E-state index contributed by atoms with van der Waals surface area (Å²) < 4.78 is 0.923. The lowest BCUT2D eigenvalue weighted by atomic mass is 10.1. The van der Waals surface area contributed by atoms with E-state index < -0.39 is 0 Å². The molecule has 2 aromatic rings. The van der Waals surface area contributed by atoms with Crippen LogP contribution in [-0.2, 0) is 0 Å². The molecule has 0 aliphatic heterocycles. The molecule has 0 aliphatic rings. The Bertz CT molecular complexity index is 614. The van der Waals surface area contributed by atoms with Crippen LogP contribution in [0.15, 0.2) is 46.9 Å². The van der Waals surface area contributed by atoms with E-state index in [1.807, 2.05) is 37.4 Å². The first-order valence-corrected chi connectivity index (χ1v) is 6.42. The molecule has 2 aromatic carbocycles. The minimum Gasteiger partial charge on any atom is -0.343 e. The predicted octanol–water partition coefficient (Wildman–Crippen LogP) is 4.40. The molecule has 0 saturated heterocycles. The molecule has 90 valence electrons. The summed E-state index contributed by atoms with van der Waals surface area (Å²) >= 11 is 3.52. The lowest BCUT2D eigenvalue weighted by molar-refractivity contribution is 1.18. The molecule has 0 amide bonds. The molecule has 0 radical (unpaired) electrons. The van der Waals surface area contributed by atoms with E-state index in [0.717, 1.165) is 15.8 Å². The molecule has 2 rings (SSSR count). The lowest BCUT2D eigenvalue weighted by Gasteiger charge is -2.22. The van der Waals surface area contributed by atoms with Crippen molar-refractivity contribution < 1.29 is 0 Å². The van der Waals surface area contributed by atoms with Crippen LogP contribution in [0.1, 0.15) is 11.1 Å². The van der Waals surface area contributed by atoms with Gasteiger partial charge < -0.3 is 4.90 Å². The van der Waals surface area contributed by atoms with E-state index in [-0.39, 0.29) is 0 Å². The lowest BCUT2D eigenvalue weighted by Crippen LogP contribution is -2.11. The fraction of sp³-hybridized carbons (Fsp3) is 0.133. The summed E-state index contributed by atoms with van der Waals surface area (Å²) in [6.07, 6.45) is 0. The van der Waals surface area contributed by atoms with Gasteiger partial charge in [-0.3, -0.25) is 0 Å². The van der Waals surface area contributed by atoms with Gasteiger partial charge >= 0.3 is 0 Å². The Morgan fingerprint density at radius 1 is 1.11 bits per heavy atom. The van der Waals surface area contributed by atoms with E-state index in [2.05, 4.69) is 46.0 Å². The summed E-state index contributed by atoms with van der Waals surface area (Å²) in [5.41, 5.74) is 4.08. The van der Waals surface area contributed by atoms with Gasteiger partial charge in [-0.1, -0.05) is 18.2 Å². The molecule has 0 unspecified atom stereocenters. The summed E-state index contributed by atoms with van der Waals surface area (Å²) in [6.45, 7) is 2.09. The molecule has 0 aromatic heterocycles. The van der Waals surface area contributed by atoms with Crippen LogP contribution >= 0.6 is 15.9 Å². The second kappa shape index (κ2) is 5.24. The molecule has 0 fully saturated rings. The molecular weight excluding hydrogens is 288 g/mol. The molecule has 0 saturated carbocycles. The number of hydrogen-bond donors (Lipinski definition) is 0. The van der Waals surface area contributed by atoms with Gasteiger partial charge in [-0.2, -0.15) is 5.26 Å². The van der Waals surface area contributed by atoms with Gasteiger partial charge in [-0.15, -0.1) is 0 Å². The van der Waals surface area contributed by atoms with Crippen LogP contribution in [-0.4, -0.2) is 7.05 Å². The topological polar surface area (TPSA) is 27.0 Å². The molecular formula is C15H13BrN2. The van der Waals surface area contributed by atoms with Crippen molar-refractivity contribution >= 4 is 27.3 Å². The van der Waals surface area contributed by atoms with Gasteiger partial charge in [0, 0.05) is 17.2 Å². The quantitative estimate of drug-likeness (QED) is 0.822. The Labute approximate surface area is 116 Å². The maximum absolute atomic E-state index is 8.87. The van der Waals surface area contributed by atoms with Crippen molar-refractivity contribution in [2.24, 2.45) is 0 Å². The average Bonchev–Trinajstić information content (AvgIpc) is 2.38. The van der Waals surface area contributed by atoms with Crippen LogP contribution in [0.3, 0.4) is 0 Å². The van der Waals surface area contributed by atoms with Crippen LogP contribution in [0, 0.1) is 18.3 Å². The Balaban J connectivity index is 2.44. The number of nitriles is 1. The zero-order valence-corrected chi connectivity index (χ0v) is 11.9. The number of nitrogens with zero attached hydrogens (tertiary/aromatic N) is 2. The summed E-state index contributed by atoms with van der Waals surface area (Å²) in [6, 6.07) is 16.0.